The molecular weight excluding hydrogens is 389 g/mol. The highest BCUT2D eigenvalue weighted by atomic mass is 19.1. The van der Waals surface area contributed by atoms with Gasteiger partial charge in [-0.3, -0.25) is 9.78 Å². The SMILES string of the molecule is CCNc1cc(-c2cnn3cc(C#N)cnc23)ncc1C(=O)NCC(F)C(C)(C)O. The van der Waals surface area contributed by atoms with Gasteiger partial charge in [0.25, 0.3) is 5.91 Å². The number of nitrogens with one attached hydrogen (secondary N) is 2. The van der Waals surface area contributed by atoms with E-state index in [4.69, 9.17) is 5.26 Å². The smallest absolute Gasteiger partial charge is 0.255 e. The Labute approximate surface area is 172 Å². The van der Waals surface area contributed by atoms with Crippen molar-refractivity contribution in [3.8, 4) is 17.3 Å². The number of aliphatic hydroxyl groups is 1. The van der Waals surface area contributed by atoms with Crippen molar-refractivity contribution < 1.29 is 14.3 Å². The van der Waals surface area contributed by atoms with E-state index in [1.54, 1.807) is 18.5 Å². The van der Waals surface area contributed by atoms with Gasteiger partial charge in [-0.2, -0.15) is 10.4 Å². The third-order valence-electron chi connectivity index (χ3n) is 4.49. The number of aromatic nitrogens is 4. The molecular formula is C20H22FN7O2. The summed E-state index contributed by atoms with van der Waals surface area (Å²) in [5.74, 6) is -0.506. The van der Waals surface area contributed by atoms with E-state index in [1.165, 1.54) is 30.8 Å². The van der Waals surface area contributed by atoms with E-state index in [9.17, 15) is 14.3 Å². The minimum absolute atomic E-state index is 0.250. The van der Waals surface area contributed by atoms with Gasteiger partial charge in [-0.25, -0.2) is 13.9 Å². The van der Waals surface area contributed by atoms with Crippen molar-refractivity contribution in [2.75, 3.05) is 18.4 Å². The Bertz CT molecular complexity index is 1110. The van der Waals surface area contributed by atoms with Crippen LogP contribution in [-0.2, 0) is 0 Å². The second kappa shape index (κ2) is 8.42. The lowest BCUT2D eigenvalue weighted by molar-refractivity contribution is -0.00177. The van der Waals surface area contributed by atoms with E-state index < -0.39 is 17.7 Å². The van der Waals surface area contributed by atoms with E-state index in [2.05, 4.69) is 25.7 Å². The van der Waals surface area contributed by atoms with Gasteiger partial charge in [-0.1, -0.05) is 0 Å². The first-order chi connectivity index (χ1) is 14.2. The normalized spacial score (nSPS) is 12.4. The lowest BCUT2D eigenvalue weighted by Crippen LogP contribution is -2.42. The molecule has 3 rings (SSSR count). The molecule has 1 atom stereocenters. The number of rotatable bonds is 7. The predicted molar refractivity (Wildman–Crippen MR) is 109 cm³/mol. The zero-order valence-corrected chi connectivity index (χ0v) is 16.8. The van der Waals surface area contributed by atoms with Gasteiger partial charge in [0.05, 0.1) is 52.6 Å². The van der Waals surface area contributed by atoms with Crippen molar-refractivity contribution in [3.63, 3.8) is 0 Å². The molecule has 156 valence electrons. The zero-order chi connectivity index (χ0) is 21.9. The van der Waals surface area contributed by atoms with Crippen LogP contribution in [0.1, 0.15) is 36.7 Å². The molecule has 0 aliphatic heterocycles. The Balaban J connectivity index is 1.90. The van der Waals surface area contributed by atoms with E-state index >= 15 is 0 Å². The second-order valence-corrected chi connectivity index (χ2v) is 7.26. The summed E-state index contributed by atoms with van der Waals surface area (Å²) in [4.78, 5) is 21.2. The quantitative estimate of drug-likeness (QED) is 0.542. The number of hydrogen-bond donors (Lipinski definition) is 3. The highest BCUT2D eigenvalue weighted by Crippen LogP contribution is 2.26. The summed E-state index contributed by atoms with van der Waals surface area (Å²) < 4.78 is 15.4. The molecule has 0 saturated heterocycles. The van der Waals surface area contributed by atoms with Crippen LogP contribution in [0.5, 0.6) is 0 Å². The molecule has 30 heavy (non-hydrogen) atoms. The maximum atomic E-state index is 14.0. The van der Waals surface area contributed by atoms with Crippen molar-refractivity contribution in [1.82, 2.24) is 24.9 Å². The summed E-state index contributed by atoms with van der Waals surface area (Å²) in [5.41, 5.74) is 1.29. The molecule has 10 heteroatoms. The summed E-state index contributed by atoms with van der Waals surface area (Å²) in [7, 11) is 0. The molecule has 3 heterocycles. The summed E-state index contributed by atoms with van der Waals surface area (Å²) in [6, 6.07) is 3.70. The van der Waals surface area contributed by atoms with Gasteiger partial charge in [0, 0.05) is 18.9 Å². The van der Waals surface area contributed by atoms with Crippen LogP contribution in [-0.4, -0.2) is 55.5 Å². The molecule has 0 bridgehead atoms. The van der Waals surface area contributed by atoms with Crippen molar-refractivity contribution >= 4 is 17.2 Å². The highest BCUT2D eigenvalue weighted by Gasteiger charge is 2.27. The maximum absolute atomic E-state index is 14.0. The number of carbonyl (C=O) groups excluding carboxylic acids is 1. The topological polar surface area (TPSA) is 128 Å². The average Bonchev–Trinajstić information content (AvgIpc) is 3.14. The van der Waals surface area contributed by atoms with Crippen molar-refractivity contribution in [3.05, 3.63) is 42.0 Å². The average molecular weight is 411 g/mol. The fourth-order valence-electron chi connectivity index (χ4n) is 2.76. The van der Waals surface area contributed by atoms with Crippen molar-refractivity contribution in [1.29, 1.82) is 5.26 Å². The summed E-state index contributed by atoms with van der Waals surface area (Å²) >= 11 is 0. The van der Waals surface area contributed by atoms with Crippen LogP contribution < -0.4 is 10.6 Å². The Morgan fingerprint density at radius 1 is 1.37 bits per heavy atom. The fraction of sp³-hybridized carbons (Fsp3) is 0.350. The number of anilines is 1. The molecule has 9 nitrogen and oxygen atoms in total. The molecule has 0 spiro atoms. The third-order valence-corrected chi connectivity index (χ3v) is 4.49. The minimum atomic E-state index is -1.61. The molecule has 0 aromatic carbocycles. The lowest BCUT2D eigenvalue weighted by Gasteiger charge is -2.22. The van der Waals surface area contributed by atoms with E-state index in [0.717, 1.165) is 0 Å². The monoisotopic (exact) mass is 411 g/mol. The van der Waals surface area contributed by atoms with E-state index in [-0.39, 0.29) is 12.1 Å². The predicted octanol–water partition coefficient (Wildman–Crippen LogP) is 1.93. The van der Waals surface area contributed by atoms with Crippen LogP contribution in [0.4, 0.5) is 10.1 Å². The first kappa shape index (κ1) is 21.1. The zero-order valence-electron chi connectivity index (χ0n) is 16.8. The minimum Gasteiger partial charge on any atom is -0.387 e. The standard InChI is InChI=1S/C20H22FN7O2/c1-4-23-16-5-15(13-9-27-28-11-12(6-22)7-25-18(13)28)24-8-14(16)19(29)26-10-17(21)20(2,3)30/h5,7-9,11,17,30H,4,10H2,1-3H3,(H,23,24)(H,26,29). The first-order valence-corrected chi connectivity index (χ1v) is 9.37. The number of nitriles is 1. The number of halogens is 1. The van der Waals surface area contributed by atoms with Gasteiger partial charge in [-0.15, -0.1) is 0 Å². The molecule has 3 aromatic heterocycles. The highest BCUT2D eigenvalue weighted by molar-refractivity contribution is 6.00. The largest absolute Gasteiger partial charge is 0.387 e. The molecule has 0 aliphatic carbocycles. The molecule has 0 fully saturated rings. The van der Waals surface area contributed by atoms with Gasteiger partial charge in [0.2, 0.25) is 0 Å². The number of hydrogen-bond acceptors (Lipinski definition) is 7. The Morgan fingerprint density at radius 2 is 2.13 bits per heavy atom. The molecule has 1 amide bonds. The Hall–Kier alpha value is -3.58. The van der Waals surface area contributed by atoms with Crippen LogP contribution in [0.15, 0.2) is 30.9 Å². The van der Waals surface area contributed by atoms with Crippen LogP contribution >= 0.6 is 0 Å². The van der Waals surface area contributed by atoms with Crippen molar-refractivity contribution in [2.24, 2.45) is 0 Å². The van der Waals surface area contributed by atoms with Crippen LogP contribution in [0.3, 0.4) is 0 Å². The number of nitrogens with zero attached hydrogens (tertiary/aromatic N) is 5. The van der Waals surface area contributed by atoms with Crippen LogP contribution in [0, 0.1) is 11.3 Å². The number of pyridine rings is 1. The molecule has 0 saturated carbocycles. The number of fused-ring (bicyclic) bond motifs is 1. The maximum Gasteiger partial charge on any atom is 0.255 e. The molecule has 0 radical (unpaired) electrons. The number of amides is 1. The number of carbonyl (C=O) groups is 1. The lowest BCUT2D eigenvalue weighted by atomic mass is 10.0. The summed E-state index contributed by atoms with van der Waals surface area (Å²) in [6.07, 6.45) is 4.38. The van der Waals surface area contributed by atoms with Crippen LogP contribution in [0.2, 0.25) is 0 Å². The molecule has 3 aromatic rings. The fourth-order valence-corrected chi connectivity index (χ4v) is 2.76. The van der Waals surface area contributed by atoms with Gasteiger partial charge < -0.3 is 15.7 Å². The van der Waals surface area contributed by atoms with Gasteiger partial charge in [0.15, 0.2) is 5.65 Å². The Kier molecular flexibility index (Phi) is 5.94. The van der Waals surface area contributed by atoms with E-state index in [0.29, 0.717) is 34.7 Å². The van der Waals surface area contributed by atoms with Gasteiger partial charge in [0.1, 0.15) is 12.2 Å². The molecule has 3 N–H and O–H groups in total. The van der Waals surface area contributed by atoms with Crippen LogP contribution in [0.25, 0.3) is 16.9 Å². The first-order valence-electron chi connectivity index (χ1n) is 9.37. The Morgan fingerprint density at radius 3 is 2.80 bits per heavy atom. The third kappa shape index (κ3) is 4.36. The molecule has 0 aliphatic rings. The summed E-state index contributed by atoms with van der Waals surface area (Å²) in [6.45, 7) is 4.79. The van der Waals surface area contributed by atoms with Gasteiger partial charge in [-0.05, 0) is 26.8 Å². The van der Waals surface area contributed by atoms with Crippen molar-refractivity contribution in [2.45, 2.75) is 32.5 Å². The second-order valence-electron chi connectivity index (χ2n) is 7.26. The van der Waals surface area contributed by atoms with Gasteiger partial charge >= 0.3 is 0 Å². The molecule has 1 unspecified atom stereocenters. The number of alkyl halides is 1. The summed E-state index contributed by atoms with van der Waals surface area (Å²) in [5, 5.41) is 28.5. The van der Waals surface area contributed by atoms with E-state index in [1.807, 2.05) is 13.0 Å².